The highest BCUT2D eigenvalue weighted by atomic mass is 16.5. The van der Waals surface area contributed by atoms with Gasteiger partial charge >= 0.3 is 0 Å². The summed E-state index contributed by atoms with van der Waals surface area (Å²) in [6.45, 7) is 4.89. The average Bonchev–Trinajstić information content (AvgIpc) is 2.69. The van der Waals surface area contributed by atoms with E-state index in [9.17, 15) is 15.2 Å². The Hall–Kier alpha value is -2.56. The number of benzene rings is 1. The first-order valence-electron chi connectivity index (χ1n) is 9.13. The summed E-state index contributed by atoms with van der Waals surface area (Å²) in [6.07, 6.45) is 2.13. The predicted octanol–water partition coefficient (Wildman–Crippen LogP) is 2.20. The molecule has 0 aromatic heterocycles. The molecule has 7 nitrogen and oxygen atoms in total. The number of fused-ring (bicyclic) bond motifs is 1. The Morgan fingerprint density at radius 1 is 1.44 bits per heavy atom. The Balaban J connectivity index is 2.17. The lowest BCUT2D eigenvalue weighted by atomic mass is 9.91. The maximum Gasteiger partial charge on any atom is 0.144 e. The zero-order valence-corrected chi connectivity index (χ0v) is 15.7. The number of carbonyl (C=O) groups excluding carboxylic acids is 1. The fourth-order valence-electron chi connectivity index (χ4n) is 2.95. The van der Waals surface area contributed by atoms with Crippen molar-refractivity contribution in [2.24, 2.45) is 0 Å². The van der Waals surface area contributed by atoms with Gasteiger partial charge in [-0.25, -0.2) is 0 Å². The van der Waals surface area contributed by atoms with Gasteiger partial charge in [0.15, 0.2) is 0 Å². The van der Waals surface area contributed by atoms with Gasteiger partial charge < -0.3 is 29.4 Å². The Kier molecular flexibility index (Phi) is 8.11. The van der Waals surface area contributed by atoms with Crippen molar-refractivity contribution in [3.8, 4) is 11.8 Å². The molecule has 3 unspecified atom stereocenters. The predicted molar refractivity (Wildman–Crippen MR) is 99.0 cm³/mol. The van der Waals surface area contributed by atoms with Crippen LogP contribution in [0.4, 0.5) is 0 Å². The largest absolute Gasteiger partial charge is 0.497 e. The Labute approximate surface area is 159 Å². The van der Waals surface area contributed by atoms with Crippen LogP contribution in [0.15, 0.2) is 30.2 Å². The van der Waals surface area contributed by atoms with Crippen LogP contribution in [0.3, 0.4) is 0 Å². The van der Waals surface area contributed by atoms with E-state index >= 15 is 0 Å². The first-order valence-corrected chi connectivity index (χ1v) is 9.13. The zero-order valence-electron chi connectivity index (χ0n) is 15.7. The second-order valence-corrected chi connectivity index (χ2v) is 6.12. The number of nitrogens with one attached hydrogen (secondary N) is 1. The molecule has 2 N–H and O–H groups in total. The number of aliphatic hydroxyl groups excluding tert-OH is 1. The van der Waals surface area contributed by atoms with Gasteiger partial charge in [-0.2, -0.15) is 5.26 Å². The van der Waals surface area contributed by atoms with Gasteiger partial charge in [0.25, 0.3) is 0 Å². The van der Waals surface area contributed by atoms with Crippen LogP contribution in [0.1, 0.15) is 43.9 Å². The van der Waals surface area contributed by atoms with E-state index in [-0.39, 0.29) is 12.7 Å². The molecule has 0 aliphatic carbocycles. The summed E-state index contributed by atoms with van der Waals surface area (Å²) in [4.78, 5) is 10.4. The number of nitriles is 1. The van der Waals surface area contributed by atoms with Crippen LogP contribution >= 0.6 is 0 Å². The van der Waals surface area contributed by atoms with Crippen LogP contribution in [0.25, 0.3) is 0 Å². The maximum absolute atomic E-state index is 10.7. The highest BCUT2D eigenvalue weighted by Crippen LogP contribution is 2.36. The number of aldehydes is 1. The molecule has 0 saturated heterocycles. The minimum atomic E-state index is -0.768. The van der Waals surface area contributed by atoms with Crippen molar-refractivity contribution in [3.05, 3.63) is 41.3 Å². The van der Waals surface area contributed by atoms with Crippen LogP contribution in [-0.4, -0.2) is 43.4 Å². The molecule has 1 aromatic carbocycles. The maximum atomic E-state index is 10.7. The molecule has 0 bridgehead atoms. The molecule has 0 radical (unpaired) electrons. The molecule has 2 rings (SSSR count). The average molecular weight is 374 g/mol. The van der Waals surface area contributed by atoms with Crippen LogP contribution in [0.2, 0.25) is 0 Å². The molecule has 0 amide bonds. The fraction of sp³-hybridized carbons (Fsp3) is 0.500. The SMILES string of the molecule is CCO/C(=C\OCCC=O)CNC1c2cc(C#N)ccc2OC(CC)C1O. The van der Waals surface area contributed by atoms with Crippen molar-refractivity contribution in [1.82, 2.24) is 5.32 Å². The van der Waals surface area contributed by atoms with Crippen LogP contribution in [0.5, 0.6) is 5.75 Å². The van der Waals surface area contributed by atoms with E-state index in [1.165, 1.54) is 6.26 Å². The van der Waals surface area contributed by atoms with E-state index in [1.54, 1.807) is 18.2 Å². The van der Waals surface area contributed by atoms with E-state index in [0.717, 1.165) is 11.8 Å². The first kappa shape index (κ1) is 20.7. The van der Waals surface area contributed by atoms with Crippen molar-refractivity contribution >= 4 is 6.29 Å². The standard InChI is InChI=1S/C20H26N2O5/c1-3-17-20(24)19(16-10-14(11-21)6-7-18(16)27-17)22-12-15(26-4-2)13-25-9-5-8-23/h6-8,10,13,17,19-20,22,24H,3-5,9,12H2,1-2H3/b15-13-. The van der Waals surface area contributed by atoms with E-state index in [4.69, 9.17) is 14.2 Å². The lowest BCUT2D eigenvalue weighted by Crippen LogP contribution is -2.46. The van der Waals surface area contributed by atoms with Gasteiger partial charge in [0.1, 0.15) is 36.3 Å². The Morgan fingerprint density at radius 2 is 2.26 bits per heavy atom. The van der Waals surface area contributed by atoms with Crippen molar-refractivity contribution in [2.45, 2.75) is 44.9 Å². The van der Waals surface area contributed by atoms with Gasteiger partial charge in [-0.1, -0.05) is 6.92 Å². The minimum Gasteiger partial charge on any atom is -0.497 e. The number of ether oxygens (including phenoxy) is 3. The third-order valence-electron chi connectivity index (χ3n) is 4.27. The summed E-state index contributed by atoms with van der Waals surface area (Å²) in [5, 5.41) is 23.2. The highest BCUT2D eigenvalue weighted by Gasteiger charge is 2.36. The summed E-state index contributed by atoms with van der Waals surface area (Å²) in [5.41, 5.74) is 1.24. The monoisotopic (exact) mass is 374 g/mol. The van der Waals surface area contributed by atoms with Gasteiger partial charge in [-0.15, -0.1) is 0 Å². The molecular formula is C20H26N2O5. The quantitative estimate of drug-likeness (QED) is 0.368. The molecule has 7 heteroatoms. The van der Waals surface area contributed by atoms with Crippen LogP contribution in [0, 0.1) is 11.3 Å². The Bertz CT molecular complexity index is 698. The summed E-state index contributed by atoms with van der Waals surface area (Å²) in [6, 6.07) is 6.89. The second-order valence-electron chi connectivity index (χ2n) is 6.12. The highest BCUT2D eigenvalue weighted by molar-refractivity contribution is 5.49. The summed E-state index contributed by atoms with van der Waals surface area (Å²) in [7, 11) is 0. The molecule has 1 aliphatic rings. The molecule has 27 heavy (non-hydrogen) atoms. The number of hydrogen-bond acceptors (Lipinski definition) is 7. The van der Waals surface area contributed by atoms with Crippen molar-refractivity contribution in [2.75, 3.05) is 19.8 Å². The van der Waals surface area contributed by atoms with Gasteiger partial charge in [0.2, 0.25) is 0 Å². The lowest BCUT2D eigenvalue weighted by molar-refractivity contribution is -0.108. The second kappa shape index (κ2) is 10.6. The van der Waals surface area contributed by atoms with E-state index in [0.29, 0.717) is 43.1 Å². The van der Waals surface area contributed by atoms with Gasteiger partial charge in [0.05, 0.1) is 37.4 Å². The number of rotatable bonds is 10. The smallest absolute Gasteiger partial charge is 0.144 e. The van der Waals surface area contributed by atoms with Crippen LogP contribution < -0.4 is 10.1 Å². The molecule has 0 fully saturated rings. The molecule has 1 aromatic rings. The van der Waals surface area contributed by atoms with E-state index in [2.05, 4.69) is 11.4 Å². The summed E-state index contributed by atoms with van der Waals surface area (Å²) < 4.78 is 16.7. The first-order chi connectivity index (χ1) is 13.1. The minimum absolute atomic E-state index is 0.284. The number of hydrogen-bond donors (Lipinski definition) is 2. The van der Waals surface area contributed by atoms with E-state index < -0.39 is 12.1 Å². The molecule has 0 spiro atoms. The fourth-order valence-corrected chi connectivity index (χ4v) is 2.95. The molecule has 1 aliphatic heterocycles. The lowest BCUT2D eigenvalue weighted by Gasteiger charge is -2.37. The van der Waals surface area contributed by atoms with Crippen molar-refractivity contribution < 1.29 is 24.1 Å². The van der Waals surface area contributed by atoms with E-state index in [1.807, 2.05) is 13.8 Å². The third-order valence-corrected chi connectivity index (χ3v) is 4.27. The van der Waals surface area contributed by atoms with Gasteiger partial charge in [-0.05, 0) is 31.5 Å². The van der Waals surface area contributed by atoms with Crippen molar-refractivity contribution in [3.63, 3.8) is 0 Å². The third kappa shape index (κ3) is 5.46. The van der Waals surface area contributed by atoms with Gasteiger partial charge in [-0.3, -0.25) is 0 Å². The molecule has 1 heterocycles. The molecule has 146 valence electrons. The summed E-state index contributed by atoms with van der Waals surface area (Å²) in [5.74, 6) is 1.22. The number of nitrogens with zero attached hydrogens (tertiary/aromatic N) is 1. The number of aliphatic hydroxyl groups is 1. The van der Waals surface area contributed by atoms with Gasteiger partial charge in [0, 0.05) is 12.0 Å². The van der Waals surface area contributed by atoms with Crippen molar-refractivity contribution in [1.29, 1.82) is 5.26 Å². The zero-order chi connectivity index (χ0) is 19.6. The summed E-state index contributed by atoms with van der Waals surface area (Å²) >= 11 is 0. The topological polar surface area (TPSA) is 101 Å². The number of carbonyl (C=O) groups is 1. The normalized spacial score (nSPS) is 21.6. The molecule has 0 saturated carbocycles. The molecule has 3 atom stereocenters. The molecular weight excluding hydrogens is 348 g/mol. The Morgan fingerprint density at radius 3 is 2.93 bits per heavy atom. The van der Waals surface area contributed by atoms with Crippen LogP contribution in [-0.2, 0) is 14.3 Å².